The molecule has 0 bridgehead atoms. The molecule has 0 fully saturated rings. The monoisotopic (exact) mass is 263 g/mol. The maximum Gasteiger partial charge on any atom is 0.418 e. The molecule has 0 unspecified atom stereocenters. The van der Waals surface area contributed by atoms with Gasteiger partial charge in [-0.25, -0.2) is 4.79 Å². The van der Waals surface area contributed by atoms with Gasteiger partial charge in [0.15, 0.2) is 5.75 Å². The third-order valence-electron chi connectivity index (χ3n) is 2.43. The summed E-state index contributed by atoms with van der Waals surface area (Å²) in [6, 6.07) is 7.13. The summed E-state index contributed by atoms with van der Waals surface area (Å²) >= 11 is 0. The molecule has 5 nitrogen and oxygen atoms in total. The van der Waals surface area contributed by atoms with Crippen LogP contribution in [0.3, 0.4) is 0 Å². The maximum atomic E-state index is 12.0. The van der Waals surface area contributed by atoms with Crippen LogP contribution in [-0.4, -0.2) is 23.4 Å². The van der Waals surface area contributed by atoms with Gasteiger partial charge in [0.25, 0.3) is 0 Å². The van der Waals surface area contributed by atoms with Crippen molar-refractivity contribution in [3.63, 3.8) is 0 Å². The highest BCUT2D eigenvalue weighted by atomic mass is 17.2. The van der Waals surface area contributed by atoms with Gasteiger partial charge in [0, 0.05) is 11.6 Å². The zero-order valence-corrected chi connectivity index (χ0v) is 11.5. The lowest BCUT2D eigenvalue weighted by Crippen LogP contribution is -2.26. The number of carbonyl (C=O) groups is 1. The molecular weight excluding hydrogens is 246 g/mol. The zero-order chi connectivity index (χ0) is 14.0. The van der Waals surface area contributed by atoms with Crippen LogP contribution in [0.1, 0.15) is 20.8 Å². The van der Waals surface area contributed by atoms with Gasteiger partial charge in [0.1, 0.15) is 5.60 Å². The Morgan fingerprint density at radius 2 is 1.95 bits per heavy atom. The van der Waals surface area contributed by atoms with Gasteiger partial charge in [0.05, 0.1) is 12.6 Å². The Labute approximate surface area is 111 Å². The molecule has 0 aliphatic heterocycles. The van der Waals surface area contributed by atoms with Gasteiger partial charge in [-0.15, -0.1) is 0 Å². The van der Waals surface area contributed by atoms with Crippen LogP contribution in [0.2, 0.25) is 0 Å². The summed E-state index contributed by atoms with van der Waals surface area (Å²) in [5, 5.41) is 0.875. The van der Waals surface area contributed by atoms with E-state index in [2.05, 4.69) is 4.89 Å². The summed E-state index contributed by atoms with van der Waals surface area (Å²) in [4.78, 5) is 21.6. The van der Waals surface area contributed by atoms with E-state index in [0.717, 1.165) is 10.9 Å². The van der Waals surface area contributed by atoms with Gasteiger partial charge in [-0.05, 0) is 45.0 Å². The van der Waals surface area contributed by atoms with E-state index in [-0.39, 0.29) is 0 Å². The highest BCUT2D eigenvalue weighted by molar-refractivity contribution is 5.90. The highest BCUT2D eigenvalue weighted by Crippen LogP contribution is 2.23. The molecule has 5 heteroatoms. The molecule has 0 N–H and O–H groups in total. The molecule has 2 aromatic rings. The van der Waals surface area contributed by atoms with Crippen molar-refractivity contribution in [3.05, 3.63) is 30.5 Å². The molecule has 1 aromatic heterocycles. The summed E-state index contributed by atoms with van der Waals surface area (Å²) in [5.74, 6) is 0.580. The molecule has 0 amide bonds. The van der Waals surface area contributed by atoms with Crippen LogP contribution in [0.25, 0.3) is 10.9 Å². The van der Waals surface area contributed by atoms with Crippen molar-refractivity contribution in [1.82, 2.24) is 4.57 Å². The summed E-state index contributed by atoms with van der Waals surface area (Å²) in [6.45, 7) is 5.50. The Bertz CT molecular complexity index is 595. The Morgan fingerprint density at radius 1 is 1.21 bits per heavy atom. The second kappa shape index (κ2) is 4.93. The third kappa shape index (κ3) is 3.06. The number of hydrogen-bond acceptors (Lipinski definition) is 4. The molecule has 0 saturated carbocycles. The van der Waals surface area contributed by atoms with Gasteiger partial charge in [-0.1, -0.05) is 0 Å². The fraction of sp³-hybridized carbons (Fsp3) is 0.357. The van der Waals surface area contributed by atoms with Crippen LogP contribution in [-0.2, 0) is 9.62 Å². The minimum absolute atomic E-state index is 0.400. The molecule has 0 spiro atoms. The van der Waals surface area contributed by atoms with E-state index in [1.54, 1.807) is 24.4 Å². The van der Waals surface area contributed by atoms with Gasteiger partial charge < -0.3 is 9.62 Å². The SMILES string of the molecule is COOc1ccc2c(ccn2C(=O)OC(C)(C)C)c1. The van der Waals surface area contributed by atoms with Crippen LogP contribution in [0.15, 0.2) is 30.5 Å². The van der Waals surface area contributed by atoms with Crippen molar-refractivity contribution in [2.45, 2.75) is 26.4 Å². The van der Waals surface area contributed by atoms with Gasteiger partial charge >= 0.3 is 6.09 Å². The Morgan fingerprint density at radius 3 is 2.58 bits per heavy atom. The van der Waals surface area contributed by atoms with E-state index >= 15 is 0 Å². The Kier molecular flexibility index (Phi) is 3.48. The summed E-state index contributed by atoms with van der Waals surface area (Å²) in [6.07, 6.45) is 1.28. The minimum Gasteiger partial charge on any atom is -0.443 e. The number of rotatable bonds is 2. The number of nitrogens with zero attached hydrogens (tertiary/aromatic N) is 1. The fourth-order valence-corrected chi connectivity index (χ4v) is 1.74. The molecule has 2 rings (SSSR count). The van der Waals surface area contributed by atoms with Gasteiger partial charge in [-0.3, -0.25) is 4.57 Å². The largest absolute Gasteiger partial charge is 0.443 e. The summed E-state index contributed by atoms with van der Waals surface area (Å²) in [7, 11) is 1.44. The number of fused-ring (bicyclic) bond motifs is 1. The first-order chi connectivity index (χ1) is 8.90. The predicted octanol–water partition coefficient (Wildman–Crippen LogP) is 3.36. The number of hydrogen-bond donors (Lipinski definition) is 0. The molecule has 0 aliphatic rings. The fourth-order valence-electron chi connectivity index (χ4n) is 1.74. The standard InChI is InChI=1S/C14H17NO4/c1-14(2,3)18-13(16)15-8-7-10-9-11(19-17-4)5-6-12(10)15/h5-9H,1-4H3. The molecule has 19 heavy (non-hydrogen) atoms. The topological polar surface area (TPSA) is 49.7 Å². The average Bonchev–Trinajstić information content (AvgIpc) is 2.70. The van der Waals surface area contributed by atoms with Crippen LogP contribution in [0, 0.1) is 0 Å². The van der Waals surface area contributed by atoms with E-state index in [0.29, 0.717) is 5.75 Å². The van der Waals surface area contributed by atoms with Crippen LogP contribution < -0.4 is 4.89 Å². The molecule has 0 aliphatic carbocycles. The minimum atomic E-state index is -0.521. The number of aromatic nitrogens is 1. The number of benzene rings is 1. The number of carbonyl (C=O) groups excluding carboxylic acids is 1. The lowest BCUT2D eigenvalue weighted by atomic mass is 10.2. The van der Waals surface area contributed by atoms with E-state index in [4.69, 9.17) is 9.62 Å². The zero-order valence-electron chi connectivity index (χ0n) is 11.5. The second-order valence-electron chi connectivity index (χ2n) is 5.14. The van der Waals surface area contributed by atoms with E-state index < -0.39 is 11.7 Å². The van der Waals surface area contributed by atoms with Crippen LogP contribution >= 0.6 is 0 Å². The van der Waals surface area contributed by atoms with Crippen LogP contribution in [0.4, 0.5) is 4.79 Å². The average molecular weight is 263 g/mol. The smallest absolute Gasteiger partial charge is 0.418 e. The summed E-state index contributed by atoms with van der Waals surface area (Å²) < 4.78 is 6.81. The first-order valence-corrected chi connectivity index (χ1v) is 5.96. The van der Waals surface area contributed by atoms with Gasteiger partial charge in [0.2, 0.25) is 0 Å². The molecule has 0 saturated heterocycles. The van der Waals surface area contributed by atoms with Crippen molar-refractivity contribution in [1.29, 1.82) is 0 Å². The Balaban J connectivity index is 2.33. The van der Waals surface area contributed by atoms with Crippen molar-refractivity contribution < 1.29 is 19.3 Å². The van der Waals surface area contributed by atoms with Crippen molar-refractivity contribution in [2.75, 3.05) is 7.11 Å². The van der Waals surface area contributed by atoms with E-state index in [1.165, 1.54) is 11.7 Å². The molecular formula is C14H17NO4. The molecule has 1 aromatic carbocycles. The molecule has 1 heterocycles. The molecule has 0 radical (unpaired) electrons. The maximum absolute atomic E-state index is 12.0. The molecule has 0 atom stereocenters. The van der Waals surface area contributed by atoms with Crippen molar-refractivity contribution in [2.24, 2.45) is 0 Å². The van der Waals surface area contributed by atoms with E-state index in [9.17, 15) is 4.79 Å². The Hall–Kier alpha value is -2.01. The number of ether oxygens (including phenoxy) is 1. The van der Waals surface area contributed by atoms with E-state index in [1.807, 2.05) is 26.8 Å². The third-order valence-corrected chi connectivity index (χ3v) is 2.43. The van der Waals surface area contributed by atoms with Crippen LogP contribution in [0.5, 0.6) is 5.75 Å². The quantitative estimate of drug-likeness (QED) is 0.615. The lowest BCUT2D eigenvalue weighted by Gasteiger charge is -2.19. The lowest BCUT2D eigenvalue weighted by molar-refractivity contribution is -0.178. The second-order valence-corrected chi connectivity index (χ2v) is 5.14. The first-order valence-electron chi connectivity index (χ1n) is 5.96. The summed E-state index contributed by atoms with van der Waals surface area (Å²) in [5.41, 5.74) is 0.241. The van der Waals surface area contributed by atoms with Crippen molar-refractivity contribution in [3.8, 4) is 5.75 Å². The van der Waals surface area contributed by atoms with Gasteiger partial charge in [-0.2, -0.15) is 4.89 Å². The molecule has 102 valence electrons. The van der Waals surface area contributed by atoms with Crippen molar-refractivity contribution >= 4 is 17.0 Å². The first kappa shape index (κ1) is 13.4. The highest BCUT2D eigenvalue weighted by Gasteiger charge is 2.19. The predicted molar refractivity (Wildman–Crippen MR) is 71.2 cm³/mol. The normalized spacial score (nSPS) is 11.6.